The molecule has 148 valence electrons. The Bertz CT molecular complexity index is 1300. The van der Waals surface area contributed by atoms with E-state index in [1.165, 1.54) is 0 Å². The summed E-state index contributed by atoms with van der Waals surface area (Å²) in [6.07, 6.45) is 0. The van der Waals surface area contributed by atoms with Crippen molar-refractivity contribution in [2.24, 2.45) is 0 Å². The second kappa shape index (κ2) is 6.26. The molecule has 0 amide bonds. The summed E-state index contributed by atoms with van der Waals surface area (Å²) in [6, 6.07) is 34.3. The van der Waals surface area contributed by atoms with Gasteiger partial charge in [-0.15, -0.1) is 0 Å². The van der Waals surface area contributed by atoms with E-state index in [9.17, 15) is 9.59 Å². The first-order valence-corrected chi connectivity index (χ1v) is 10.3. The van der Waals surface area contributed by atoms with Gasteiger partial charge in [0.25, 0.3) is 0 Å². The zero-order chi connectivity index (χ0) is 21.1. The van der Waals surface area contributed by atoms with Crippen LogP contribution in [0.4, 0.5) is 0 Å². The third kappa shape index (κ3) is 2.03. The highest BCUT2D eigenvalue weighted by molar-refractivity contribution is 6.20. The van der Waals surface area contributed by atoms with E-state index in [1.807, 2.05) is 109 Å². The third-order valence-electron chi connectivity index (χ3n) is 6.58. The molecule has 1 saturated heterocycles. The maximum atomic E-state index is 14.2. The van der Waals surface area contributed by atoms with Crippen molar-refractivity contribution in [2.45, 2.75) is 11.0 Å². The van der Waals surface area contributed by atoms with Gasteiger partial charge in [-0.25, -0.2) is 0 Å². The molecule has 31 heavy (non-hydrogen) atoms. The van der Waals surface area contributed by atoms with Crippen LogP contribution in [0.5, 0.6) is 0 Å². The normalized spacial score (nSPS) is 20.4. The number of carbonyl (C=O) groups excluding carboxylic acids is 2. The van der Waals surface area contributed by atoms with Gasteiger partial charge in [0.05, 0.1) is 0 Å². The van der Waals surface area contributed by atoms with E-state index in [2.05, 4.69) is 0 Å². The first kappa shape index (κ1) is 17.8. The van der Waals surface area contributed by atoms with Crippen LogP contribution in [0.25, 0.3) is 11.1 Å². The highest BCUT2D eigenvalue weighted by Gasteiger charge is 2.76. The molecule has 1 fully saturated rings. The van der Waals surface area contributed by atoms with E-state index in [1.54, 1.807) is 0 Å². The lowest BCUT2D eigenvalue weighted by Crippen LogP contribution is -2.72. The molecule has 6 rings (SSSR count). The van der Waals surface area contributed by atoms with Gasteiger partial charge in [-0.3, -0.25) is 9.59 Å². The van der Waals surface area contributed by atoms with Crippen molar-refractivity contribution in [1.82, 2.24) is 0 Å². The monoisotopic (exact) mass is 402 g/mol. The van der Waals surface area contributed by atoms with E-state index in [0.29, 0.717) is 5.56 Å². The SMILES string of the molecule is O=C1c2ccccc2-c2ccccc2C12OC(=O)C2(c1ccccc1)c1ccccc1. The predicted octanol–water partition coefficient (Wildman–Crippen LogP) is 5.29. The number of rotatable bonds is 2. The Balaban J connectivity index is 1.76. The van der Waals surface area contributed by atoms with Crippen LogP contribution >= 0.6 is 0 Å². The Kier molecular flexibility index (Phi) is 3.60. The first-order chi connectivity index (χ1) is 15.2. The van der Waals surface area contributed by atoms with Crippen molar-refractivity contribution in [3.8, 4) is 11.1 Å². The number of Topliss-reactive ketones (excluding diaryl/α,β-unsaturated/α-hetero) is 1. The minimum Gasteiger partial charge on any atom is -0.443 e. The molecule has 3 heteroatoms. The molecule has 1 atom stereocenters. The quantitative estimate of drug-likeness (QED) is 0.428. The van der Waals surface area contributed by atoms with Crippen LogP contribution in [-0.2, 0) is 20.5 Å². The van der Waals surface area contributed by atoms with E-state index in [-0.39, 0.29) is 5.78 Å². The lowest BCUT2D eigenvalue weighted by molar-refractivity contribution is -0.205. The molecule has 1 unspecified atom stereocenters. The number of hydrogen-bond donors (Lipinski definition) is 0. The molecule has 0 bridgehead atoms. The Morgan fingerprint density at radius 1 is 0.516 bits per heavy atom. The molecule has 3 nitrogen and oxygen atoms in total. The van der Waals surface area contributed by atoms with Gasteiger partial charge >= 0.3 is 5.97 Å². The van der Waals surface area contributed by atoms with Gasteiger partial charge < -0.3 is 4.74 Å². The maximum absolute atomic E-state index is 14.2. The average molecular weight is 402 g/mol. The largest absolute Gasteiger partial charge is 0.443 e. The van der Waals surface area contributed by atoms with E-state index >= 15 is 0 Å². The molecule has 0 aromatic heterocycles. The van der Waals surface area contributed by atoms with Gasteiger partial charge in [0.15, 0.2) is 5.41 Å². The number of ether oxygens (including phenoxy) is 1. The van der Waals surface area contributed by atoms with E-state index < -0.39 is 17.0 Å². The number of ketones is 1. The van der Waals surface area contributed by atoms with Gasteiger partial charge in [0, 0.05) is 11.1 Å². The molecule has 1 spiro atoms. The number of fused-ring (bicyclic) bond motifs is 4. The van der Waals surface area contributed by atoms with Crippen molar-refractivity contribution in [3.63, 3.8) is 0 Å². The third-order valence-corrected chi connectivity index (χ3v) is 6.58. The number of benzene rings is 4. The first-order valence-electron chi connectivity index (χ1n) is 10.3. The van der Waals surface area contributed by atoms with Crippen molar-refractivity contribution in [2.75, 3.05) is 0 Å². The molecule has 0 N–H and O–H groups in total. The molecule has 2 aliphatic rings. The van der Waals surface area contributed by atoms with Gasteiger partial charge in [-0.05, 0) is 22.3 Å². The van der Waals surface area contributed by atoms with Crippen molar-refractivity contribution in [1.29, 1.82) is 0 Å². The molecular formula is C28H18O3. The standard InChI is InChI=1S/C28H18O3/c29-25-23-17-8-7-15-21(23)22-16-9-10-18-24(22)28(25)27(26(30)31-28,19-11-3-1-4-12-19)20-13-5-2-6-14-20/h1-18H. The molecule has 1 aliphatic carbocycles. The highest BCUT2D eigenvalue weighted by atomic mass is 16.6. The molecule has 0 saturated carbocycles. The van der Waals surface area contributed by atoms with E-state index in [0.717, 1.165) is 27.8 Å². The molecule has 1 aliphatic heterocycles. The minimum atomic E-state index is -1.46. The second-order valence-corrected chi connectivity index (χ2v) is 7.97. The topological polar surface area (TPSA) is 43.4 Å². The maximum Gasteiger partial charge on any atom is 0.327 e. The highest BCUT2D eigenvalue weighted by Crippen LogP contribution is 2.63. The van der Waals surface area contributed by atoms with Crippen LogP contribution in [0.1, 0.15) is 27.0 Å². The summed E-state index contributed by atoms with van der Waals surface area (Å²) in [7, 11) is 0. The summed E-state index contributed by atoms with van der Waals surface area (Å²) in [4.78, 5) is 27.7. The van der Waals surface area contributed by atoms with E-state index in [4.69, 9.17) is 4.74 Å². The summed E-state index contributed by atoms with van der Waals surface area (Å²) in [6.45, 7) is 0. The molecule has 1 heterocycles. The summed E-state index contributed by atoms with van der Waals surface area (Å²) in [5.41, 5.74) is 1.86. The Labute approximate surface area is 179 Å². The van der Waals surface area contributed by atoms with Gasteiger partial charge in [0.1, 0.15) is 0 Å². The van der Waals surface area contributed by atoms with Crippen LogP contribution < -0.4 is 0 Å². The van der Waals surface area contributed by atoms with Crippen LogP contribution in [-0.4, -0.2) is 11.8 Å². The van der Waals surface area contributed by atoms with Crippen LogP contribution in [0, 0.1) is 0 Å². The summed E-state index contributed by atoms with van der Waals surface area (Å²) < 4.78 is 6.00. The van der Waals surface area contributed by atoms with Crippen molar-refractivity contribution < 1.29 is 14.3 Å². The zero-order valence-corrected chi connectivity index (χ0v) is 16.6. The molecule has 4 aromatic rings. The fourth-order valence-corrected chi connectivity index (χ4v) is 5.30. The molecule has 4 aromatic carbocycles. The smallest absolute Gasteiger partial charge is 0.327 e. The Hall–Kier alpha value is -3.98. The lowest BCUT2D eigenvalue weighted by Gasteiger charge is -2.57. The number of carbonyl (C=O) groups is 2. The average Bonchev–Trinajstić information content (AvgIpc) is 2.83. The zero-order valence-electron chi connectivity index (χ0n) is 16.6. The van der Waals surface area contributed by atoms with Crippen LogP contribution in [0.3, 0.4) is 0 Å². The summed E-state index contributed by atoms with van der Waals surface area (Å²) >= 11 is 0. The lowest BCUT2D eigenvalue weighted by atomic mass is 9.52. The number of esters is 1. The fourth-order valence-electron chi connectivity index (χ4n) is 5.30. The van der Waals surface area contributed by atoms with Crippen molar-refractivity contribution in [3.05, 3.63) is 131 Å². The summed E-state index contributed by atoms with van der Waals surface area (Å²) in [5.74, 6) is -0.596. The predicted molar refractivity (Wildman–Crippen MR) is 118 cm³/mol. The number of hydrogen-bond acceptors (Lipinski definition) is 3. The Morgan fingerprint density at radius 2 is 1.00 bits per heavy atom. The van der Waals surface area contributed by atoms with Gasteiger partial charge in [-0.1, -0.05) is 109 Å². The second-order valence-electron chi connectivity index (χ2n) is 7.97. The molecular weight excluding hydrogens is 384 g/mol. The van der Waals surface area contributed by atoms with Gasteiger partial charge in [-0.2, -0.15) is 0 Å². The minimum absolute atomic E-state index is 0.186. The van der Waals surface area contributed by atoms with Crippen molar-refractivity contribution >= 4 is 11.8 Å². The van der Waals surface area contributed by atoms with Crippen LogP contribution in [0.2, 0.25) is 0 Å². The van der Waals surface area contributed by atoms with Crippen LogP contribution in [0.15, 0.2) is 109 Å². The Morgan fingerprint density at radius 3 is 1.58 bits per heavy atom. The van der Waals surface area contributed by atoms with Gasteiger partial charge in [0.2, 0.25) is 11.4 Å². The summed E-state index contributed by atoms with van der Waals surface area (Å²) in [5, 5.41) is 0. The fraction of sp³-hybridized carbons (Fsp3) is 0.0714. The molecule has 0 radical (unpaired) electrons.